The topological polar surface area (TPSA) is 67.9 Å². The van der Waals surface area contributed by atoms with Crippen LogP contribution < -0.4 is 19.7 Å². The Kier molecular flexibility index (Phi) is 6.75. The van der Waals surface area contributed by atoms with Crippen LogP contribution in [0.4, 0.5) is 5.69 Å². The van der Waals surface area contributed by atoms with Crippen LogP contribution in [0.5, 0.6) is 11.5 Å². The molecule has 0 saturated heterocycles. The summed E-state index contributed by atoms with van der Waals surface area (Å²) in [6.45, 7) is 6.98. The van der Waals surface area contributed by atoms with Crippen LogP contribution in [0.3, 0.4) is 0 Å². The van der Waals surface area contributed by atoms with Gasteiger partial charge in [0.1, 0.15) is 6.04 Å². The second-order valence-corrected chi connectivity index (χ2v) is 6.93. The quantitative estimate of drug-likeness (QED) is 0.744. The molecular weight excluding hydrogens is 368 g/mol. The molecule has 0 radical (unpaired) electrons. The van der Waals surface area contributed by atoms with Crippen molar-refractivity contribution in [1.82, 2.24) is 5.32 Å². The maximum atomic E-state index is 12.8. The Hall–Kier alpha value is -3.02. The Morgan fingerprint density at radius 1 is 1.07 bits per heavy atom. The first-order valence-corrected chi connectivity index (χ1v) is 10.1. The largest absolute Gasteiger partial charge is 0.490 e. The lowest BCUT2D eigenvalue weighted by Gasteiger charge is -2.23. The Labute approximate surface area is 171 Å². The number of fused-ring (bicyclic) bond motifs is 1. The minimum Gasteiger partial charge on any atom is -0.490 e. The van der Waals surface area contributed by atoms with Gasteiger partial charge in [-0.05, 0) is 49.6 Å². The molecule has 2 amide bonds. The first-order chi connectivity index (χ1) is 14.0. The van der Waals surface area contributed by atoms with Crippen molar-refractivity contribution in [3.8, 4) is 11.5 Å². The van der Waals surface area contributed by atoms with E-state index in [1.54, 1.807) is 4.90 Å². The van der Waals surface area contributed by atoms with Gasteiger partial charge < -0.3 is 14.8 Å². The van der Waals surface area contributed by atoms with E-state index in [1.807, 2.05) is 56.3 Å². The number of para-hydroxylation sites is 1. The molecule has 1 heterocycles. The molecule has 0 saturated carbocycles. The molecule has 2 aromatic rings. The fourth-order valence-corrected chi connectivity index (χ4v) is 3.68. The fraction of sp³-hybridized carbons (Fsp3) is 0.391. The van der Waals surface area contributed by atoms with E-state index in [1.165, 1.54) is 6.92 Å². The zero-order valence-electron chi connectivity index (χ0n) is 17.2. The molecular formula is C23H28N2O4. The highest BCUT2D eigenvalue weighted by atomic mass is 16.5. The fourth-order valence-electron chi connectivity index (χ4n) is 3.68. The summed E-state index contributed by atoms with van der Waals surface area (Å²) in [7, 11) is 0. The Bertz CT molecular complexity index is 881. The molecule has 0 aromatic heterocycles. The average Bonchev–Trinajstić information content (AvgIpc) is 3.10. The monoisotopic (exact) mass is 396 g/mol. The summed E-state index contributed by atoms with van der Waals surface area (Å²) in [5, 5.41) is 2.98. The van der Waals surface area contributed by atoms with Gasteiger partial charge in [0.15, 0.2) is 11.5 Å². The van der Waals surface area contributed by atoms with Crippen LogP contribution in [-0.4, -0.2) is 37.6 Å². The van der Waals surface area contributed by atoms with E-state index in [-0.39, 0.29) is 11.8 Å². The predicted octanol–water partition coefficient (Wildman–Crippen LogP) is 3.12. The van der Waals surface area contributed by atoms with Crippen LogP contribution in [0.25, 0.3) is 0 Å². The van der Waals surface area contributed by atoms with E-state index in [9.17, 15) is 9.59 Å². The molecule has 1 aliphatic heterocycles. The lowest BCUT2D eigenvalue weighted by molar-refractivity contribution is -0.125. The molecule has 0 aliphatic carbocycles. The summed E-state index contributed by atoms with van der Waals surface area (Å²) in [6, 6.07) is 13.0. The van der Waals surface area contributed by atoms with Gasteiger partial charge in [0.2, 0.25) is 11.8 Å². The van der Waals surface area contributed by atoms with Gasteiger partial charge in [-0.2, -0.15) is 0 Å². The van der Waals surface area contributed by atoms with Crippen molar-refractivity contribution in [2.24, 2.45) is 0 Å². The molecule has 1 atom stereocenters. The maximum Gasteiger partial charge on any atom is 0.243 e. The standard InChI is InChI=1S/C23H28N2O4/c1-4-28-21-11-10-17(14-22(21)29-5-2)12-13-24-23(27)20-15-18-8-6-7-9-19(18)25(20)16(3)26/h6-11,14,20H,4-5,12-13,15H2,1-3H3,(H,24,27)/t20-/m0/s1. The van der Waals surface area contributed by atoms with Crippen molar-refractivity contribution >= 4 is 17.5 Å². The minimum absolute atomic E-state index is 0.122. The molecule has 0 spiro atoms. The molecule has 0 unspecified atom stereocenters. The number of carbonyl (C=O) groups is 2. The van der Waals surface area contributed by atoms with Gasteiger partial charge in [0.05, 0.1) is 13.2 Å². The lowest BCUT2D eigenvalue weighted by atomic mass is 10.1. The molecule has 1 aliphatic rings. The van der Waals surface area contributed by atoms with Gasteiger partial charge in [-0.1, -0.05) is 24.3 Å². The highest BCUT2D eigenvalue weighted by molar-refractivity contribution is 6.02. The second-order valence-electron chi connectivity index (χ2n) is 6.93. The number of rotatable bonds is 8. The van der Waals surface area contributed by atoms with Crippen molar-refractivity contribution in [2.45, 2.75) is 39.7 Å². The molecule has 2 aromatic carbocycles. The number of benzene rings is 2. The number of amides is 2. The number of anilines is 1. The highest BCUT2D eigenvalue weighted by Gasteiger charge is 2.36. The predicted molar refractivity (Wildman–Crippen MR) is 113 cm³/mol. The zero-order valence-corrected chi connectivity index (χ0v) is 17.2. The third kappa shape index (κ3) is 4.70. The maximum absolute atomic E-state index is 12.8. The summed E-state index contributed by atoms with van der Waals surface area (Å²) < 4.78 is 11.2. The van der Waals surface area contributed by atoms with E-state index >= 15 is 0 Å². The smallest absolute Gasteiger partial charge is 0.243 e. The normalized spacial score (nSPS) is 15.0. The molecule has 29 heavy (non-hydrogen) atoms. The number of hydrogen-bond acceptors (Lipinski definition) is 4. The van der Waals surface area contributed by atoms with Crippen LogP contribution in [-0.2, 0) is 22.4 Å². The molecule has 154 valence electrons. The van der Waals surface area contributed by atoms with E-state index < -0.39 is 6.04 Å². The summed E-state index contributed by atoms with van der Waals surface area (Å²) in [5.41, 5.74) is 2.90. The molecule has 6 nitrogen and oxygen atoms in total. The third-order valence-electron chi connectivity index (χ3n) is 4.94. The number of nitrogens with one attached hydrogen (secondary N) is 1. The van der Waals surface area contributed by atoms with Gasteiger partial charge in [-0.25, -0.2) is 0 Å². The molecule has 0 bridgehead atoms. The van der Waals surface area contributed by atoms with Gasteiger partial charge in [0.25, 0.3) is 0 Å². The van der Waals surface area contributed by atoms with E-state index in [4.69, 9.17) is 9.47 Å². The van der Waals surface area contributed by atoms with Gasteiger partial charge in [0, 0.05) is 25.6 Å². The van der Waals surface area contributed by atoms with Gasteiger partial charge in [-0.3, -0.25) is 14.5 Å². The van der Waals surface area contributed by atoms with Crippen LogP contribution in [0.2, 0.25) is 0 Å². The second kappa shape index (κ2) is 9.45. The first kappa shape index (κ1) is 20.7. The van der Waals surface area contributed by atoms with Crippen LogP contribution in [0.15, 0.2) is 42.5 Å². The highest BCUT2D eigenvalue weighted by Crippen LogP contribution is 2.32. The number of hydrogen-bond donors (Lipinski definition) is 1. The Morgan fingerprint density at radius 2 is 1.79 bits per heavy atom. The van der Waals surface area contributed by atoms with Gasteiger partial charge >= 0.3 is 0 Å². The zero-order chi connectivity index (χ0) is 20.8. The molecule has 1 N–H and O–H groups in total. The van der Waals surface area contributed by atoms with Crippen molar-refractivity contribution < 1.29 is 19.1 Å². The SMILES string of the molecule is CCOc1ccc(CCNC(=O)[C@@H]2Cc3ccccc3N2C(C)=O)cc1OCC. The molecule has 0 fully saturated rings. The summed E-state index contributed by atoms with van der Waals surface area (Å²) in [6.07, 6.45) is 1.21. The van der Waals surface area contributed by atoms with Crippen LogP contribution in [0.1, 0.15) is 31.9 Å². The lowest BCUT2D eigenvalue weighted by Crippen LogP contribution is -2.47. The van der Waals surface area contributed by atoms with E-state index in [0.29, 0.717) is 38.3 Å². The summed E-state index contributed by atoms with van der Waals surface area (Å²) >= 11 is 0. The third-order valence-corrected chi connectivity index (χ3v) is 4.94. The number of ether oxygens (including phenoxy) is 2. The summed E-state index contributed by atoms with van der Waals surface area (Å²) in [4.78, 5) is 26.5. The van der Waals surface area contributed by atoms with Crippen LogP contribution >= 0.6 is 0 Å². The minimum atomic E-state index is -0.496. The van der Waals surface area contributed by atoms with E-state index in [0.717, 1.165) is 22.6 Å². The first-order valence-electron chi connectivity index (χ1n) is 10.1. The van der Waals surface area contributed by atoms with Crippen molar-refractivity contribution in [1.29, 1.82) is 0 Å². The van der Waals surface area contributed by atoms with Crippen molar-refractivity contribution in [2.75, 3.05) is 24.7 Å². The average molecular weight is 396 g/mol. The van der Waals surface area contributed by atoms with Crippen molar-refractivity contribution in [3.63, 3.8) is 0 Å². The Morgan fingerprint density at radius 3 is 2.52 bits per heavy atom. The van der Waals surface area contributed by atoms with Crippen LogP contribution in [0, 0.1) is 0 Å². The van der Waals surface area contributed by atoms with Gasteiger partial charge in [-0.15, -0.1) is 0 Å². The molecule has 6 heteroatoms. The number of nitrogens with zero attached hydrogens (tertiary/aromatic N) is 1. The Balaban J connectivity index is 1.61. The summed E-state index contributed by atoms with van der Waals surface area (Å²) in [5.74, 6) is 1.19. The van der Waals surface area contributed by atoms with Crippen molar-refractivity contribution in [3.05, 3.63) is 53.6 Å². The van der Waals surface area contributed by atoms with E-state index in [2.05, 4.69) is 5.32 Å². The number of carbonyl (C=O) groups excluding carboxylic acids is 2. The molecule has 3 rings (SSSR count).